The number of para-hydroxylation sites is 1. The van der Waals surface area contributed by atoms with Crippen LogP contribution in [0.25, 0.3) is 53.4 Å². The number of nitrogens with one attached hydrogen (secondary N) is 1. The van der Waals surface area contributed by atoms with Crippen molar-refractivity contribution in [2.45, 2.75) is 26.2 Å². The zero-order valence-electron chi connectivity index (χ0n) is 17.2. The van der Waals surface area contributed by atoms with Crippen molar-refractivity contribution in [3.05, 3.63) is 72.6 Å². The molecule has 0 atom stereocenters. The largest absolute Gasteiger partial charge is 0.354 e. The summed E-state index contributed by atoms with van der Waals surface area (Å²) in [6.07, 6.45) is 3.61. The van der Waals surface area contributed by atoms with Crippen LogP contribution >= 0.6 is 11.3 Å². The third-order valence-corrected chi connectivity index (χ3v) is 7.01. The van der Waals surface area contributed by atoms with Crippen LogP contribution in [-0.2, 0) is 5.41 Å². The zero-order chi connectivity index (χ0) is 20.5. The summed E-state index contributed by atoms with van der Waals surface area (Å²) in [7, 11) is 0. The number of aromatic amines is 1. The lowest BCUT2D eigenvalue weighted by molar-refractivity contribution is 0.591. The number of aromatic nitrogens is 3. The maximum absolute atomic E-state index is 4.55. The molecule has 0 aliphatic heterocycles. The molecule has 3 aromatic carbocycles. The maximum atomic E-state index is 4.55. The highest BCUT2D eigenvalue weighted by molar-refractivity contribution is 7.26. The van der Waals surface area contributed by atoms with Crippen molar-refractivity contribution >= 4 is 53.3 Å². The molecule has 0 saturated carbocycles. The van der Waals surface area contributed by atoms with Gasteiger partial charge in [-0.1, -0.05) is 45.0 Å². The second-order valence-electron chi connectivity index (χ2n) is 8.85. The molecule has 4 heteroatoms. The van der Waals surface area contributed by atoms with Crippen molar-refractivity contribution in [1.82, 2.24) is 15.0 Å². The quantitative estimate of drug-likeness (QED) is 0.308. The SMILES string of the molecule is CC(C)(C)c1ccc2sc3cc(-c4ncccn4)c4[nH]c5ccccc5c4c3c2c1. The molecular formula is C26H21N3S. The molecule has 0 spiro atoms. The van der Waals surface area contributed by atoms with Crippen molar-refractivity contribution in [3.8, 4) is 11.4 Å². The van der Waals surface area contributed by atoms with Gasteiger partial charge in [-0.15, -0.1) is 11.3 Å². The minimum Gasteiger partial charge on any atom is -0.354 e. The van der Waals surface area contributed by atoms with Crippen molar-refractivity contribution in [1.29, 1.82) is 0 Å². The first kappa shape index (κ1) is 17.6. The molecule has 0 bridgehead atoms. The van der Waals surface area contributed by atoms with Crippen LogP contribution in [0.1, 0.15) is 26.3 Å². The van der Waals surface area contributed by atoms with E-state index in [0.717, 1.165) is 22.4 Å². The van der Waals surface area contributed by atoms with Gasteiger partial charge in [-0.25, -0.2) is 9.97 Å². The molecule has 0 aliphatic rings. The van der Waals surface area contributed by atoms with Crippen LogP contribution in [0.5, 0.6) is 0 Å². The number of benzene rings is 3. The Labute approximate surface area is 178 Å². The van der Waals surface area contributed by atoms with Gasteiger partial charge in [0.05, 0.1) is 5.52 Å². The molecule has 3 aromatic heterocycles. The van der Waals surface area contributed by atoms with E-state index in [4.69, 9.17) is 0 Å². The average Bonchev–Trinajstić information content (AvgIpc) is 3.30. The van der Waals surface area contributed by atoms with Crippen LogP contribution in [0, 0.1) is 0 Å². The van der Waals surface area contributed by atoms with E-state index >= 15 is 0 Å². The summed E-state index contributed by atoms with van der Waals surface area (Å²) in [6, 6.07) is 19.6. The van der Waals surface area contributed by atoms with E-state index in [9.17, 15) is 0 Å². The van der Waals surface area contributed by atoms with Gasteiger partial charge in [0.2, 0.25) is 0 Å². The fourth-order valence-corrected chi connectivity index (χ4v) is 5.50. The molecule has 0 aliphatic carbocycles. The highest BCUT2D eigenvalue weighted by Gasteiger charge is 2.20. The summed E-state index contributed by atoms with van der Waals surface area (Å²) in [5.41, 5.74) is 4.77. The molecule has 146 valence electrons. The minimum atomic E-state index is 0.111. The van der Waals surface area contributed by atoms with E-state index in [0.29, 0.717) is 0 Å². The lowest BCUT2D eigenvalue weighted by atomic mass is 9.86. The fraction of sp³-hybridized carbons (Fsp3) is 0.154. The van der Waals surface area contributed by atoms with Crippen molar-refractivity contribution in [2.75, 3.05) is 0 Å². The standard InChI is InChI=1S/C26H21N3S/c1-26(2,3)15-9-10-20-17(13-15)22-21(30-20)14-18(25-27-11-6-12-28-25)24-23(22)16-7-4-5-8-19(16)29-24/h4-14,29H,1-3H3. The Morgan fingerprint density at radius 2 is 1.60 bits per heavy atom. The molecule has 0 fully saturated rings. The van der Waals surface area contributed by atoms with Gasteiger partial charge in [0.1, 0.15) is 0 Å². The van der Waals surface area contributed by atoms with Gasteiger partial charge in [0.25, 0.3) is 0 Å². The molecule has 0 saturated heterocycles. The Morgan fingerprint density at radius 1 is 0.800 bits per heavy atom. The van der Waals surface area contributed by atoms with Gasteiger partial charge in [0, 0.05) is 54.4 Å². The van der Waals surface area contributed by atoms with Crippen LogP contribution in [0.3, 0.4) is 0 Å². The Hall–Kier alpha value is -3.24. The van der Waals surface area contributed by atoms with Gasteiger partial charge >= 0.3 is 0 Å². The monoisotopic (exact) mass is 407 g/mol. The summed E-state index contributed by atoms with van der Waals surface area (Å²) in [4.78, 5) is 12.8. The van der Waals surface area contributed by atoms with Crippen molar-refractivity contribution in [3.63, 3.8) is 0 Å². The fourth-order valence-electron chi connectivity index (χ4n) is 4.36. The average molecular weight is 408 g/mol. The Bertz CT molecular complexity index is 1570. The minimum absolute atomic E-state index is 0.111. The first-order valence-electron chi connectivity index (χ1n) is 10.2. The van der Waals surface area contributed by atoms with Gasteiger partial charge in [0.15, 0.2) is 5.82 Å². The smallest absolute Gasteiger partial charge is 0.161 e. The van der Waals surface area contributed by atoms with Crippen LogP contribution in [0.15, 0.2) is 67.0 Å². The topological polar surface area (TPSA) is 41.6 Å². The number of rotatable bonds is 1. The number of thiophene rings is 1. The van der Waals surface area contributed by atoms with E-state index in [-0.39, 0.29) is 5.41 Å². The molecule has 6 aromatic rings. The Kier molecular flexibility index (Phi) is 3.60. The molecule has 1 N–H and O–H groups in total. The summed E-state index contributed by atoms with van der Waals surface area (Å²) in [5, 5.41) is 5.17. The van der Waals surface area contributed by atoms with E-state index in [1.807, 2.05) is 29.8 Å². The van der Waals surface area contributed by atoms with E-state index in [1.165, 1.54) is 36.5 Å². The summed E-state index contributed by atoms with van der Waals surface area (Å²) in [6.45, 7) is 6.82. The van der Waals surface area contributed by atoms with Crippen LogP contribution in [-0.4, -0.2) is 15.0 Å². The second-order valence-corrected chi connectivity index (χ2v) is 9.94. The van der Waals surface area contributed by atoms with Gasteiger partial charge < -0.3 is 4.98 Å². The first-order chi connectivity index (χ1) is 14.5. The number of hydrogen-bond donors (Lipinski definition) is 1. The first-order valence-corrected chi connectivity index (χ1v) is 11.0. The summed E-state index contributed by atoms with van der Waals surface area (Å²) >= 11 is 1.85. The number of nitrogens with zero attached hydrogens (tertiary/aromatic N) is 2. The summed E-state index contributed by atoms with van der Waals surface area (Å²) < 4.78 is 2.59. The van der Waals surface area contributed by atoms with Crippen LogP contribution < -0.4 is 0 Å². The normalized spacial score (nSPS) is 12.5. The summed E-state index contributed by atoms with van der Waals surface area (Å²) in [5.74, 6) is 0.754. The van der Waals surface area contributed by atoms with E-state index in [1.54, 1.807) is 0 Å². The highest BCUT2D eigenvalue weighted by atomic mass is 32.1. The molecule has 6 rings (SSSR count). The molecule has 30 heavy (non-hydrogen) atoms. The molecule has 0 amide bonds. The third-order valence-electron chi connectivity index (χ3n) is 5.89. The molecule has 3 nitrogen and oxygen atoms in total. The number of H-pyrrole nitrogens is 1. The predicted octanol–water partition coefficient (Wildman–Crippen LogP) is 7.44. The molecule has 0 radical (unpaired) electrons. The second kappa shape index (κ2) is 6.13. The third kappa shape index (κ3) is 2.50. The number of fused-ring (bicyclic) bond motifs is 7. The zero-order valence-corrected chi connectivity index (χ0v) is 18.0. The van der Waals surface area contributed by atoms with Gasteiger partial charge in [-0.3, -0.25) is 0 Å². The van der Waals surface area contributed by atoms with Crippen molar-refractivity contribution in [2.24, 2.45) is 0 Å². The van der Waals surface area contributed by atoms with E-state index in [2.05, 4.69) is 84.3 Å². The lowest BCUT2D eigenvalue weighted by Gasteiger charge is -2.19. The van der Waals surface area contributed by atoms with E-state index < -0.39 is 0 Å². The van der Waals surface area contributed by atoms with Crippen molar-refractivity contribution < 1.29 is 0 Å². The Morgan fingerprint density at radius 3 is 2.40 bits per heavy atom. The predicted molar refractivity (Wildman–Crippen MR) is 128 cm³/mol. The number of hydrogen-bond acceptors (Lipinski definition) is 3. The van der Waals surface area contributed by atoms with Gasteiger partial charge in [-0.2, -0.15) is 0 Å². The molecular weight excluding hydrogens is 386 g/mol. The van der Waals surface area contributed by atoms with Gasteiger partial charge in [-0.05, 0) is 41.3 Å². The molecule has 3 heterocycles. The maximum Gasteiger partial charge on any atom is 0.161 e. The van der Waals surface area contributed by atoms with Crippen LogP contribution in [0.4, 0.5) is 0 Å². The molecule has 0 unspecified atom stereocenters. The lowest BCUT2D eigenvalue weighted by Crippen LogP contribution is -2.10. The van der Waals surface area contributed by atoms with Crippen LogP contribution in [0.2, 0.25) is 0 Å². The highest BCUT2D eigenvalue weighted by Crippen LogP contribution is 2.45. The Balaban J connectivity index is 1.84.